The first-order valence-corrected chi connectivity index (χ1v) is 8.14. The third-order valence-corrected chi connectivity index (χ3v) is 4.28. The molecule has 0 aliphatic heterocycles. The van der Waals surface area contributed by atoms with Crippen molar-refractivity contribution in [2.45, 2.75) is 32.9 Å². The predicted molar refractivity (Wildman–Crippen MR) is 87.4 cm³/mol. The summed E-state index contributed by atoms with van der Waals surface area (Å²) in [6.07, 6.45) is 0.564. The summed E-state index contributed by atoms with van der Waals surface area (Å²) in [6.45, 7) is 4.39. The molecule has 1 aromatic carbocycles. The number of carbonyl (C=O) groups is 1. The fourth-order valence-electron chi connectivity index (χ4n) is 2.29. The second kappa shape index (κ2) is 7.51. The van der Waals surface area contributed by atoms with Gasteiger partial charge in [-0.25, -0.2) is 4.39 Å². The van der Waals surface area contributed by atoms with Gasteiger partial charge in [0.25, 0.3) is 0 Å². The van der Waals surface area contributed by atoms with Gasteiger partial charge in [0, 0.05) is 17.0 Å². The highest BCUT2D eigenvalue weighted by atomic mass is 32.1. The molecule has 0 fully saturated rings. The van der Waals surface area contributed by atoms with E-state index in [-0.39, 0.29) is 5.82 Å². The highest BCUT2D eigenvalue weighted by molar-refractivity contribution is 7.13. The molecule has 0 unspecified atom stereocenters. The summed E-state index contributed by atoms with van der Waals surface area (Å²) in [4.78, 5) is 12.1. The van der Waals surface area contributed by atoms with Gasteiger partial charge >= 0.3 is 5.97 Å². The fourth-order valence-corrected chi connectivity index (χ4v) is 3.03. The van der Waals surface area contributed by atoms with Gasteiger partial charge in [-0.1, -0.05) is 26.0 Å². The van der Waals surface area contributed by atoms with Gasteiger partial charge in [0.05, 0.1) is 0 Å². The molecular weight excluding hydrogens is 301 g/mol. The largest absolute Gasteiger partial charge is 0.480 e. The third-order valence-electron chi connectivity index (χ3n) is 3.38. The number of aliphatic carboxylic acids is 1. The monoisotopic (exact) mass is 321 g/mol. The van der Waals surface area contributed by atoms with E-state index in [1.165, 1.54) is 17.4 Å². The molecule has 1 heterocycles. The Bertz CT molecular complexity index is 626. The molecule has 0 aliphatic rings. The molecule has 0 radical (unpaired) electrons. The summed E-state index contributed by atoms with van der Waals surface area (Å²) in [7, 11) is 0. The fraction of sp³-hybridized carbons (Fsp3) is 0.353. The molecule has 22 heavy (non-hydrogen) atoms. The molecular formula is C17H20FNO2S. The molecule has 2 rings (SSSR count). The zero-order valence-electron chi connectivity index (χ0n) is 12.7. The number of hydrogen-bond acceptors (Lipinski definition) is 3. The third kappa shape index (κ3) is 4.39. The van der Waals surface area contributed by atoms with E-state index < -0.39 is 12.0 Å². The number of benzene rings is 1. The number of nitrogens with one attached hydrogen (secondary N) is 1. The van der Waals surface area contributed by atoms with Crippen LogP contribution < -0.4 is 5.32 Å². The molecule has 0 amide bonds. The van der Waals surface area contributed by atoms with Gasteiger partial charge in [-0.15, -0.1) is 11.3 Å². The Morgan fingerprint density at radius 2 is 2.14 bits per heavy atom. The quantitative estimate of drug-likeness (QED) is 0.805. The van der Waals surface area contributed by atoms with Gasteiger partial charge < -0.3 is 10.4 Å². The number of hydrogen-bond donors (Lipinski definition) is 2. The lowest BCUT2D eigenvalue weighted by Gasteiger charge is -2.16. The summed E-state index contributed by atoms with van der Waals surface area (Å²) in [5.41, 5.74) is 1.44. The van der Waals surface area contributed by atoms with E-state index in [0.717, 1.165) is 10.4 Å². The minimum absolute atomic E-state index is 0.261. The van der Waals surface area contributed by atoms with Crippen LogP contribution in [0, 0.1) is 11.7 Å². The van der Waals surface area contributed by atoms with E-state index in [0.29, 0.717) is 24.4 Å². The van der Waals surface area contributed by atoms with Crippen molar-refractivity contribution in [3.8, 4) is 10.4 Å². The second-order valence-corrected chi connectivity index (χ2v) is 6.64. The molecule has 118 valence electrons. The SMILES string of the molecule is CC(C)C[C@@H](NCc1ccc(F)c(-c2cccs2)c1)C(=O)O. The Balaban J connectivity index is 2.10. The number of thiophene rings is 1. The molecule has 0 saturated heterocycles. The van der Waals surface area contributed by atoms with Crippen LogP contribution in [0.15, 0.2) is 35.7 Å². The Morgan fingerprint density at radius 1 is 1.36 bits per heavy atom. The molecule has 0 aliphatic carbocycles. The summed E-state index contributed by atoms with van der Waals surface area (Å²) >= 11 is 1.48. The van der Waals surface area contributed by atoms with Gasteiger partial charge in [-0.05, 0) is 41.5 Å². The number of carboxylic acid groups (broad SMARTS) is 1. The van der Waals surface area contributed by atoms with Crippen LogP contribution in [0.1, 0.15) is 25.8 Å². The molecule has 0 spiro atoms. The van der Waals surface area contributed by atoms with Crippen LogP contribution in [0.25, 0.3) is 10.4 Å². The Morgan fingerprint density at radius 3 is 2.73 bits per heavy atom. The van der Waals surface area contributed by atoms with E-state index >= 15 is 0 Å². The smallest absolute Gasteiger partial charge is 0.320 e. The van der Waals surface area contributed by atoms with E-state index in [1.807, 2.05) is 31.4 Å². The minimum atomic E-state index is -0.853. The van der Waals surface area contributed by atoms with Crippen LogP contribution in [-0.4, -0.2) is 17.1 Å². The molecule has 2 aromatic rings. The zero-order chi connectivity index (χ0) is 16.1. The summed E-state index contributed by atoms with van der Waals surface area (Å²) in [5, 5.41) is 14.2. The molecule has 3 nitrogen and oxygen atoms in total. The van der Waals surface area contributed by atoms with Gasteiger partial charge in [-0.2, -0.15) is 0 Å². The van der Waals surface area contributed by atoms with Crippen molar-refractivity contribution in [3.05, 3.63) is 47.1 Å². The molecule has 0 bridgehead atoms. The maximum absolute atomic E-state index is 13.9. The maximum Gasteiger partial charge on any atom is 0.320 e. The highest BCUT2D eigenvalue weighted by Crippen LogP contribution is 2.28. The first kappa shape index (κ1) is 16.6. The zero-order valence-corrected chi connectivity index (χ0v) is 13.5. The predicted octanol–water partition coefficient (Wildman–Crippen LogP) is 4.14. The normalized spacial score (nSPS) is 12.5. The van der Waals surface area contributed by atoms with Gasteiger partial charge in [0.1, 0.15) is 11.9 Å². The summed E-state index contributed by atoms with van der Waals surface area (Å²) in [6, 6.07) is 8.07. The first-order chi connectivity index (χ1) is 10.5. The maximum atomic E-state index is 13.9. The summed E-state index contributed by atoms with van der Waals surface area (Å²) < 4.78 is 13.9. The van der Waals surface area contributed by atoms with E-state index in [1.54, 1.807) is 12.1 Å². The van der Waals surface area contributed by atoms with Gasteiger partial charge in [0.15, 0.2) is 0 Å². The number of rotatable bonds is 7. The van der Waals surface area contributed by atoms with Crippen molar-refractivity contribution in [1.82, 2.24) is 5.32 Å². The first-order valence-electron chi connectivity index (χ1n) is 7.26. The Labute approximate surface area is 133 Å². The summed E-state index contributed by atoms with van der Waals surface area (Å²) in [5.74, 6) is -0.819. The second-order valence-electron chi connectivity index (χ2n) is 5.69. The molecule has 1 aromatic heterocycles. The van der Waals surface area contributed by atoms with Gasteiger partial charge in [0.2, 0.25) is 0 Å². The molecule has 5 heteroatoms. The van der Waals surface area contributed by atoms with Crippen LogP contribution in [0.5, 0.6) is 0 Å². The Kier molecular flexibility index (Phi) is 5.69. The van der Waals surface area contributed by atoms with Crippen molar-refractivity contribution in [2.75, 3.05) is 0 Å². The van der Waals surface area contributed by atoms with Gasteiger partial charge in [-0.3, -0.25) is 4.79 Å². The molecule has 1 atom stereocenters. The van der Waals surface area contributed by atoms with Crippen molar-refractivity contribution in [2.24, 2.45) is 5.92 Å². The van der Waals surface area contributed by atoms with Crippen molar-refractivity contribution < 1.29 is 14.3 Å². The average molecular weight is 321 g/mol. The van der Waals surface area contributed by atoms with E-state index in [4.69, 9.17) is 0 Å². The average Bonchev–Trinajstić information content (AvgIpc) is 2.98. The van der Waals surface area contributed by atoms with E-state index in [9.17, 15) is 14.3 Å². The van der Waals surface area contributed by atoms with Crippen LogP contribution in [0.2, 0.25) is 0 Å². The van der Waals surface area contributed by atoms with Crippen molar-refractivity contribution in [1.29, 1.82) is 0 Å². The standard InChI is InChI=1S/C17H20FNO2S/c1-11(2)8-15(17(20)21)19-10-12-5-6-14(18)13(9-12)16-4-3-7-22-16/h3-7,9,11,15,19H,8,10H2,1-2H3,(H,20,21)/t15-/m1/s1. The topological polar surface area (TPSA) is 49.3 Å². The van der Waals surface area contributed by atoms with Crippen LogP contribution in [-0.2, 0) is 11.3 Å². The highest BCUT2D eigenvalue weighted by Gasteiger charge is 2.18. The molecule has 2 N–H and O–H groups in total. The lowest BCUT2D eigenvalue weighted by atomic mass is 10.0. The van der Waals surface area contributed by atoms with Crippen LogP contribution >= 0.6 is 11.3 Å². The molecule has 0 saturated carbocycles. The van der Waals surface area contributed by atoms with Crippen LogP contribution in [0.4, 0.5) is 4.39 Å². The number of carboxylic acids is 1. The lowest BCUT2D eigenvalue weighted by molar-refractivity contribution is -0.140. The Hall–Kier alpha value is -1.72. The van der Waals surface area contributed by atoms with Crippen LogP contribution in [0.3, 0.4) is 0 Å². The van der Waals surface area contributed by atoms with E-state index in [2.05, 4.69) is 5.32 Å². The lowest BCUT2D eigenvalue weighted by Crippen LogP contribution is -2.37. The number of halogens is 1. The minimum Gasteiger partial charge on any atom is -0.480 e. The van der Waals surface area contributed by atoms with Crippen molar-refractivity contribution in [3.63, 3.8) is 0 Å². The van der Waals surface area contributed by atoms with Crippen molar-refractivity contribution >= 4 is 17.3 Å².